The molecule has 9 atom stereocenters. The highest BCUT2D eigenvalue weighted by Gasteiger charge is 2.15. The quantitative estimate of drug-likeness (QED) is 0.137. The monoisotopic (exact) mass is 593 g/mol. The first-order valence-corrected chi connectivity index (χ1v) is 14.8. The summed E-state index contributed by atoms with van der Waals surface area (Å²) in [4.78, 5) is 11.2. The Labute approximate surface area is 248 Å². The highest BCUT2D eigenvalue weighted by Crippen LogP contribution is 2.05. The minimum Gasteiger partial charge on any atom is -0.391 e. The summed E-state index contributed by atoms with van der Waals surface area (Å²) in [5.74, 6) is -0.216. The molecule has 0 fully saturated rings. The molecule has 0 aliphatic heterocycles. The number of rotatable bonds is 27. The van der Waals surface area contributed by atoms with Crippen LogP contribution in [0.15, 0.2) is 12.7 Å². The average molecular weight is 594 g/mol. The molecule has 0 saturated carbocycles. The maximum atomic E-state index is 11.2. The molecule has 0 aromatic heterocycles. The lowest BCUT2D eigenvalue weighted by molar-refractivity contribution is -0.117. The van der Waals surface area contributed by atoms with Crippen LogP contribution in [-0.4, -0.2) is 125 Å². The minimum atomic E-state index is -0.486. The van der Waals surface area contributed by atoms with Crippen molar-refractivity contribution in [3.63, 3.8) is 0 Å². The van der Waals surface area contributed by atoms with Gasteiger partial charge in [-0.2, -0.15) is 0 Å². The molecule has 9 unspecified atom stereocenters. The maximum Gasteiger partial charge on any atom is 0.243 e. The van der Waals surface area contributed by atoms with Gasteiger partial charge in [0.1, 0.15) is 0 Å². The molecule has 0 spiro atoms. The second kappa shape index (κ2) is 24.3. The molecule has 244 valence electrons. The van der Waals surface area contributed by atoms with E-state index in [-0.39, 0.29) is 54.7 Å². The van der Waals surface area contributed by atoms with Gasteiger partial charge < -0.3 is 48.3 Å². The number of aliphatic hydroxyl groups is 1. The van der Waals surface area contributed by atoms with E-state index in [2.05, 4.69) is 11.9 Å². The molecule has 1 amide bonds. The average Bonchev–Trinajstić information content (AvgIpc) is 2.94. The SMILES string of the molecule is C=CC(=O)NCC(C)OCC(C)OCC(C)OCC(C)OCC(C)OCC(C)OCC(C)OCC(C)OCC(C)O. The normalized spacial score (nSPS) is 18.5. The van der Waals surface area contributed by atoms with Crippen molar-refractivity contribution in [1.29, 1.82) is 0 Å². The van der Waals surface area contributed by atoms with E-state index in [0.29, 0.717) is 59.4 Å². The van der Waals surface area contributed by atoms with E-state index in [0.717, 1.165) is 0 Å². The number of amides is 1. The van der Waals surface area contributed by atoms with E-state index in [1.165, 1.54) is 6.08 Å². The minimum absolute atomic E-state index is 0.0762. The number of ether oxygens (including phenoxy) is 8. The topological polar surface area (TPSA) is 123 Å². The fourth-order valence-electron chi connectivity index (χ4n) is 3.11. The van der Waals surface area contributed by atoms with Gasteiger partial charge in [0.2, 0.25) is 5.91 Å². The zero-order valence-electron chi connectivity index (χ0n) is 27.0. The Morgan fingerprint density at radius 3 is 1.02 bits per heavy atom. The largest absolute Gasteiger partial charge is 0.391 e. The molecule has 0 heterocycles. The zero-order chi connectivity index (χ0) is 31.2. The summed E-state index contributed by atoms with van der Waals surface area (Å²) in [6.45, 7) is 24.5. The molecule has 0 saturated heterocycles. The van der Waals surface area contributed by atoms with Crippen LogP contribution >= 0.6 is 0 Å². The van der Waals surface area contributed by atoms with E-state index in [1.807, 2.05) is 55.4 Å². The van der Waals surface area contributed by atoms with Gasteiger partial charge in [0.05, 0.1) is 108 Å². The maximum absolute atomic E-state index is 11.2. The van der Waals surface area contributed by atoms with Gasteiger partial charge in [0.15, 0.2) is 0 Å². The number of hydrogen-bond donors (Lipinski definition) is 2. The van der Waals surface area contributed by atoms with Gasteiger partial charge in [0, 0.05) is 6.54 Å². The van der Waals surface area contributed by atoms with Crippen molar-refractivity contribution in [3.8, 4) is 0 Å². The number of nitrogens with one attached hydrogen (secondary N) is 1. The number of aliphatic hydroxyl groups excluding tert-OH is 1. The summed E-state index contributed by atoms with van der Waals surface area (Å²) < 4.78 is 46.2. The third kappa shape index (κ3) is 25.1. The first kappa shape index (κ1) is 39.8. The fraction of sp³-hybridized carbons (Fsp3) is 0.900. The van der Waals surface area contributed by atoms with Crippen LogP contribution in [0.5, 0.6) is 0 Å². The van der Waals surface area contributed by atoms with Crippen molar-refractivity contribution >= 4 is 5.91 Å². The first-order chi connectivity index (χ1) is 19.3. The summed E-state index contributed by atoms with van der Waals surface area (Å²) in [5.41, 5.74) is 0. The van der Waals surface area contributed by atoms with Crippen LogP contribution in [0.4, 0.5) is 0 Å². The highest BCUT2D eigenvalue weighted by molar-refractivity contribution is 5.86. The summed E-state index contributed by atoms with van der Waals surface area (Å²) in [6.07, 6.45) is 0.0168. The van der Waals surface area contributed by atoms with Crippen molar-refractivity contribution in [3.05, 3.63) is 12.7 Å². The number of carbonyl (C=O) groups is 1. The number of carbonyl (C=O) groups excluding carboxylic acids is 1. The van der Waals surface area contributed by atoms with Crippen LogP contribution in [-0.2, 0) is 42.7 Å². The molecule has 0 aliphatic carbocycles. The highest BCUT2D eigenvalue weighted by atomic mass is 16.6. The van der Waals surface area contributed by atoms with E-state index in [1.54, 1.807) is 6.92 Å². The third-order valence-corrected chi connectivity index (χ3v) is 5.68. The second-order valence-electron chi connectivity index (χ2n) is 10.9. The van der Waals surface area contributed by atoms with Gasteiger partial charge in [-0.15, -0.1) is 0 Å². The molecule has 0 bridgehead atoms. The third-order valence-electron chi connectivity index (χ3n) is 5.68. The summed E-state index contributed by atoms with van der Waals surface area (Å²) >= 11 is 0. The summed E-state index contributed by atoms with van der Waals surface area (Å²) in [6, 6.07) is 0. The Kier molecular flexibility index (Phi) is 23.6. The van der Waals surface area contributed by atoms with Crippen LogP contribution in [0.25, 0.3) is 0 Å². The van der Waals surface area contributed by atoms with Gasteiger partial charge in [-0.3, -0.25) is 4.79 Å². The molecular formula is C30H59NO10. The van der Waals surface area contributed by atoms with Crippen LogP contribution in [0, 0.1) is 0 Å². The second-order valence-corrected chi connectivity index (χ2v) is 10.9. The van der Waals surface area contributed by atoms with E-state index in [4.69, 9.17) is 37.9 Å². The van der Waals surface area contributed by atoms with Gasteiger partial charge in [-0.05, 0) is 68.4 Å². The van der Waals surface area contributed by atoms with Crippen LogP contribution in [0.3, 0.4) is 0 Å². The molecule has 11 heteroatoms. The van der Waals surface area contributed by atoms with E-state index in [9.17, 15) is 9.90 Å². The number of hydrogen-bond acceptors (Lipinski definition) is 10. The summed E-state index contributed by atoms with van der Waals surface area (Å²) in [7, 11) is 0. The molecule has 0 aromatic carbocycles. The lowest BCUT2D eigenvalue weighted by Gasteiger charge is -2.23. The van der Waals surface area contributed by atoms with Crippen molar-refractivity contribution in [2.75, 3.05) is 59.4 Å². The van der Waals surface area contributed by atoms with Gasteiger partial charge in [-0.1, -0.05) is 6.58 Å². The van der Waals surface area contributed by atoms with Gasteiger partial charge in [0.25, 0.3) is 0 Å². The molecule has 11 nitrogen and oxygen atoms in total. The Morgan fingerprint density at radius 2 is 0.780 bits per heavy atom. The predicted octanol–water partition coefficient (Wildman–Crippen LogP) is 2.91. The Morgan fingerprint density at radius 1 is 0.537 bits per heavy atom. The zero-order valence-corrected chi connectivity index (χ0v) is 27.0. The van der Waals surface area contributed by atoms with E-state index >= 15 is 0 Å². The molecule has 2 N–H and O–H groups in total. The molecule has 0 rings (SSSR count). The van der Waals surface area contributed by atoms with Gasteiger partial charge >= 0.3 is 0 Å². The smallest absolute Gasteiger partial charge is 0.243 e. The summed E-state index contributed by atoms with van der Waals surface area (Å²) in [5, 5.41) is 12.0. The van der Waals surface area contributed by atoms with Crippen molar-refractivity contribution < 1.29 is 47.8 Å². The van der Waals surface area contributed by atoms with Crippen LogP contribution in [0.2, 0.25) is 0 Å². The fourth-order valence-corrected chi connectivity index (χ4v) is 3.11. The molecular weight excluding hydrogens is 534 g/mol. The van der Waals surface area contributed by atoms with Crippen molar-refractivity contribution in [1.82, 2.24) is 5.32 Å². The van der Waals surface area contributed by atoms with Crippen molar-refractivity contribution in [2.45, 2.75) is 117 Å². The molecule has 0 radical (unpaired) electrons. The lowest BCUT2D eigenvalue weighted by atomic mass is 10.3. The molecule has 0 aliphatic rings. The molecule has 41 heavy (non-hydrogen) atoms. The Hall–Kier alpha value is -1.15. The standard InChI is InChI=1S/C30H59NO10/c1-11-30(33)31-12-22(3)35-14-24(5)37-16-26(7)39-18-28(9)41-20-29(10)40-19-27(8)38-17-25(6)36-15-23(4)34-13-21(2)32/h11,21-29,32H,1,12-20H2,2-10H3,(H,31,33). The first-order valence-electron chi connectivity index (χ1n) is 14.8. The lowest BCUT2D eigenvalue weighted by Crippen LogP contribution is -2.33. The van der Waals surface area contributed by atoms with Crippen LogP contribution < -0.4 is 5.32 Å². The molecule has 0 aromatic rings. The Bertz CT molecular complexity index is 653. The van der Waals surface area contributed by atoms with Gasteiger partial charge in [-0.25, -0.2) is 0 Å². The Balaban J connectivity index is 3.89. The predicted molar refractivity (Wildman–Crippen MR) is 158 cm³/mol. The van der Waals surface area contributed by atoms with Crippen LogP contribution in [0.1, 0.15) is 62.3 Å². The van der Waals surface area contributed by atoms with E-state index < -0.39 is 6.10 Å². The van der Waals surface area contributed by atoms with Crippen molar-refractivity contribution in [2.24, 2.45) is 0 Å².